The second-order valence-corrected chi connectivity index (χ2v) is 5.53. The van der Waals surface area contributed by atoms with Crippen LogP contribution in [0.25, 0.3) is 0 Å². The molecule has 6 heteroatoms. The maximum Gasteiger partial charge on any atom is 0.229 e. The van der Waals surface area contributed by atoms with Gasteiger partial charge in [-0.25, -0.2) is 0 Å². The Hall–Kier alpha value is -1.85. The minimum absolute atomic E-state index is 0.0606. The zero-order valence-electron chi connectivity index (χ0n) is 13.0. The van der Waals surface area contributed by atoms with Crippen LogP contribution in [0.5, 0.6) is 0 Å². The van der Waals surface area contributed by atoms with Gasteiger partial charge in [0.2, 0.25) is 11.8 Å². The summed E-state index contributed by atoms with van der Waals surface area (Å²) in [6.45, 7) is 7.79. The Labute approximate surface area is 125 Å². The molecular weight excluding hydrogens is 270 g/mol. The maximum absolute atomic E-state index is 12.6. The zero-order chi connectivity index (χ0) is 15.4. The number of carbonyl (C=O) groups is 2. The summed E-state index contributed by atoms with van der Waals surface area (Å²) >= 11 is 0. The normalized spacial score (nSPS) is 18.3. The number of aryl methyl sites for hydroxylation is 1. The van der Waals surface area contributed by atoms with Crippen molar-refractivity contribution in [3.8, 4) is 0 Å². The van der Waals surface area contributed by atoms with Crippen LogP contribution in [-0.2, 0) is 9.59 Å². The molecule has 0 radical (unpaired) electrons. The van der Waals surface area contributed by atoms with E-state index in [0.717, 1.165) is 25.9 Å². The van der Waals surface area contributed by atoms with E-state index in [1.54, 1.807) is 17.9 Å². The van der Waals surface area contributed by atoms with Crippen molar-refractivity contribution in [2.45, 2.75) is 40.0 Å². The Morgan fingerprint density at radius 2 is 2.10 bits per heavy atom. The first-order chi connectivity index (χ1) is 10.1. The molecule has 1 aromatic rings. The number of anilines is 1. The molecule has 2 rings (SSSR count). The average Bonchev–Trinajstić information content (AvgIpc) is 3.04. The fraction of sp³-hybridized carbons (Fsp3) is 0.667. The molecule has 1 fully saturated rings. The lowest BCUT2D eigenvalue weighted by Gasteiger charge is -2.24. The van der Waals surface area contributed by atoms with Crippen LogP contribution in [0.1, 0.15) is 38.9 Å². The Bertz CT molecular complexity index is 506. The van der Waals surface area contributed by atoms with Crippen molar-refractivity contribution in [1.82, 2.24) is 10.1 Å². The zero-order valence-corrected chi connectivity index (χ0v) is 13.0. The van der Waals surface area contributed by atoms with E-state index in [1.807, 2.05) is 4.90 Å². The summed E-state index contributed by atoms with van der Waals surface area (Å²) in [6.07, 6.45) is 2.12. The highest BCUT2D eigenvalue weighted by molar-refractivity contribution is 5.99. The molecule has 1 saturated heterocycles. The molecule has 116 valence electrons. The van der Waals surface area contributed by atoms with Gasteiger partial charge in [0.05, 0.1) is 5.92 Å². The first-order valence-electron chi connectivity index (χ1n) is 7.59. The van der Waals surface area contributed by atoms with Gasteiger partial charge in [-0.15, -0.1) is 0 Å². The number of carbonyl (C=O) groups excluding carboxylic acids is 2. The van der Waals surface area contributed by atoms with Gasteiger partial charge in [-0.3, -0.25) is 14.5 Å². The van der Waals surface area contributed by atoms with Gasteiger partial charge in [0.25, 0.3) is 0 Å². The standard InChI is InChI=1S/C15H23N3O3/c1-4-6-17(7-5-2)15(20)12-9-14(19)18(10-12)13-8-11(3)21-16-13/h8,12H,4-7,9-10H2,1-3H3. The van der Waals surface area contributed by atoms with Gasteiger partial charge in [0.1, 0.15) is 5.76 Å². The van der Waals surface area contributed by atoms with Crippen molar-refractivity contribution >= 4 is 17.6 Å². The second kappa shape index (κ2) is 6.74. The average molecular weight is 293 g/mol. The Balaban J connectivity index is 2.05. The van der Waals surface area contributed by atoms with Crippen molar-refractivity contribution < 1.29 is 14.1 Å². The lowest BCUT2D eigenvalue weighted by atomic mass is 10.1. The van der Waals surface area contributed by atoms with Crippen LogP contribution in [0.3, 0.4) is 0 Å². The number of nitrogens with zero attached hydrogens (tertiary/aromatic N) is 3. The molecule has 1 unspecified atom stereocenters. The lowest BCUT2D eigenvalue weighted by Crippen LogP contribution is -2.38. The number of rotatable bonds is 6. The van der Waals surface area contributed by atoms with E-state index >= 15 is 0 Å². The summed E-state index contributed by atoms with van der Waals surface area (Å²) in [6, 6.07) is 1.72. The van der Waals surface area contributed by atoms with Crippen LogP contribution < -0.4 is 4.90 Å². The molecule has 2 heterocycles. The number of hydrogen-bond acceptors (Lipinski definition) is 4. The van der Waals surface area contributed by atoms with E-state index in [4.69, 9.17) is 4.52 Å². The van der Waals surface area contributed by atoms with Crippen LogP contribution in [0.15, 0.2) is 10.6 Å². The number of amides is 2. The smallest absolute Gasteiger partial charge is 0.229 e. The minimum atomic E-state index is -0.271. The molecule has 1 aromatic heterocycles. The molecular formula is C15H23N3O3. The second-order valence-electron chi connectivity index (χ2n) is 5.53. The fourth-order valence-electron chi connectivity index (χ4n) is 2.71. The van der Waals surface area contributed by atoms with E-state index in [9.17, 15) is 9.59 Å². The van der Waals surface area contributed by atoms with Crippen LogP contribution in [0.4, 0.5) is 5.82 Å². The van der Waals surface area contributed by atoms with Crippen LogP contribution >= 0.6 is 0 Å². The highest BCUT2D eigenvalue weighted by atomic mass is 16.5. The Kier molecular flexibility index (Phi) is 4.98. The molecule has 1 aliphatic heterocycles. The first-order valence-corrected chi connectivity index (χ1v) is 7.59. The van der Waals surface area contributed by atoms with Gasteiger partial charge in [0, 0.05) is 32.1 Å². The molecule has 1 atom stereocenters. The summed E-state index contributed by atoms with van der Waals surface area (Å²) in [7, 11) is 0. The Morgan fingerprint density at radius 1 is 1.43 bits per heavy atom. The van der Waals surface area contributed by atoms with Gasteiger partial charge >= 0.3 is 0 Å². The highest BCUT2D eigenvalue weighted by Gasteiger charge is 2.38. The van der Waals surface area contributed by atoms with Crippen LogP contribution in [-0.4, -0.2) is 41.5 Å². The molecule has 21 heavy (non-hydrogen) atoms. The van der Waals surface area contributed by atoms with Crippen LogP contribution in [0.2, 0.25) is 0 Å². The SMILES string of the molecule is CCCN(CCC)C(=O)C1CC(=O)N(c2cc(C)on2)C1. The molecule has 6 nitrogen and oxygen atoms in total. The third kappa shape index (κ3) is 3.43. The van der Waals surface area contributed by atoms with Crippen molar-refractivity contribution in [2.75, 3.05) is 24.5 Å². The largest absolute Gasteiger partial charge is 0.360 e. The molecule has 0 spiro atoms. The number of aromatic nitrogens is 1. The summed E-state index contributed by atoms with van der Waals surface area (Å²) in [5.41, 5.74) is 0. The van der Waals surface area contributed by atoms with Crippen molar-refractivity contribution in [3.63, 3.8) is 0 Å². The molecule has 0 saturated carbocycles. The summed E-state index contributed by atoms with van der Waals surface area (Å²) in [5.74, 6) is 0.911. The van der Waals surface area contributed by atoms with E-state index in [-0.39, 0.29) is 24.2 Å². The van der Waals surface area contributed by atoms with Crippen LogP contribution in [0, 0.1) is 12.8 Å². The van der Waals surface area contributed by atoms with Gasteiger partial charge in [-0.2, -0.15) is 0 Å². The topological polar surface area (TPSA) is 66.7 Å². The summed E-state index contributed by atoms with van der Waals surface area (Å²) in [5, 5.41) is 3.86. The van der Waals surface area contributed by atoms with Gasteiger partial charge in [-0.05, 0) is 19.8 Å². The highest BCUT2D eigenvalue weighted by Crippen LogP contribution is 2.26. The number of hydrogen-bond donors (Lipinski definition) is 0. The predicted molar refractivity (Wildman–Crippen MR) is 78.9 cm³/mol. The van der Waals surface area contributed by atoms with E-state index in [2.05, 4.69) is 19.0 Å². The molecule has 0 N–H and O–H groups in total. The monoisotopic (exact) mass is 293 g/mol. The molecule has 1 aliphatic rings. The molecule has 0 aromatic carbocycles. The molecule has 0 bridgehead atoms. The fourth-order valence-corrected chi connectivity index (χ4v) is 2.71. The third-order valence-corrected chi connectivity index (χ3v) is 3.67. The van der Waals surface area contributed by atoms with E-state index in [0.29, 0.717) is 18.1 Å². The van der Waals surface area contributed by atoms with Crippen molar-refractivity contribution in [3.05, 3.63) is 11.8 Å². The molecule has 2 amide bonds. The van der Waals surface area contributed by atoms with E-state index < -0.39 is 0 Å². The quantitative estimate of drug-likeness (QED) is 0.804. The maximum atomic E-state index is 12.6. The van der Waals surface area contributed by atoms with Crippen molar-refractivity contribution in [1.29, 1.82) is 0 Å². The van der Waals surface area contributed by atoms with E-state index in [1.165, 1.54) is 0 Å². The lowest BCUT2D eigenvalue weighted by molar-refractivity contribution is -0.135. The molecule has 0 aliphatic carbocycles. The first kappa shape index (κ1) is 15.5. The summed E-state index contributed by atoms with van der Waals surface area (Å²) in [4.78, 5) is 28.1. The van der Waals surface area contributed by atoms with Gasteiger partial charge < -0.3 is 9.42 Å². The Morgan fingerprint density at radius 3 is 2.62 bits per heavy atom. The minimum Gasteiger partial charge on any atom is -0.360 e. The third-order valence-electron chi connectivity index (χ3n) is 3.67. The predicted octanol–water partition coefficient (Wildman–Crippen LogP) is 1.98. The summed E-state index contributed by atoms with van der Waals surface area (Å²) < 4.78 is 5.01. The van der Waals surface area contributed by atoms with Crippen molar-refractivity contribution in [2.24, 2.45) is 5.92 Å². The van der Waals surface area contributed by atoms with Gasteiger partial charge in [-0.1, -0.05) is 19.0 Å². The van der Waals surface area contributed by atoms with Gasteiger partial charge in [0.15, 0.2) is 5.82 Å².